The third kappa shape index (κ3) is 7.50. The Kier molecular flexibility index (Phi) is 8.81. The molecule has 9 heteroatoms. The molecule has 33 heavy (non-hydrogen) atoms. The van der Waals surface area contributed by atoms with Crippen LogP contribution in [0.2, 0.25) is 0 Å². The first-order chi connectivity index (χ1) is 15.5. The number of benzene rings is 3. The Bertz CT molecular complexity index is 1060. The van der Waals surface area contributed by atoms with Gasteiger partial charge in [-0.05, 0) is 43.2 Å². The van der Waals surface area contributed by atoms with Crippen LogP contribution < -0.4 is 4.74 Å². The fourth-order valence-electron chi connectivity index (χ4n) is 3.22. The average Bonchev–Trinajstić information content (AvgIpc) is 2.76. The second-order valence-electron chi connectivity index (χ2n) is 7.32. The van der Waals surface area contributed by atoms with E-state index < -0.39 is 23.7 Å². The standard InChI is InChI=1S/C22H22F3NO.C2H2O4/c1-26(2)20(17-10-12-18(13-11-17)22(23,24)25)14-15-27-21-9-5-7-16-6-3-4-8-19(16)21;3-1(4)2(5)6/h3-13,20H,14-15H2,1-2H3;(H,3,4)(H,5,6). The lowest BCUT2D eigenvalue weighted by atomic mass is 10.0. The van der Waals surface area contributed by atoms with Gasteiger partial charge in [-0.25, -0.2) is 9.59 Å². The van der Waals surface area contributed by atoms with Crippen molar-refractivity contribution in [2.24, 2.45) is 0 Å². The number of carbonyl (C=O) groups is 2. The lowest BCUT2D eigenvalue weighted by molar-refractivity contribution is -0.159. The number of fused-ring (bicyclic) bond motifs is 1. The normalized spacial score (nSPS) is 12.1. The molecule has 0 saturated carbocycles. The van der Waals surface area contributed by atoms with Crippen LogP contribution in [0, 0.1) is 0 Å². The quantitative estimate of drug-likeness (QED) is 0.496. The van der Waals surface area contributed by atoms with E-state index in [1.807, 2.05) is 61.5 Å². The van der Waals surface area contributed by atoms with Crippen molar-refractivity contribution < 1.29 is 37.7 Å². The number of rotatable bonds is 6. The minimum atomic E-state index is -4.32. The summed E-state index contributed by atoms with van der Waals surface area (Å²) in [5.41, 5.74) is 0.213. The molecular weight excluding hydrogens is 439 g/mol. The first kappa shape index (κ1) is 25.7. The van der Waals surface area contributed by atoms with E-state index in [1.54, 1.807) is 12.1 Å². The molecule has 3 rings (SSSR count). The van der Waals surface area contributed by atoms with Crippen LogP contribution in [0.1, 0.15) is 23.6 Å². The monoisotopic (exact) mass is 463 g/mol. The first-order valence-electron chi connectivity index (χ1n) is 9.91. The fourth-order valence-corrected chi connectivity index (χ4v) is 3.22. The fraction of sp³-hybridized carbons (Fsp3) is 0.250. The number of nitrogens with zero attached hydrogens (tertiary/aromatic N) is 1. The van der Waals surface area contributed by atoms with Crippen molar-refractivity contribution in [2.45, 2.75) is 18.6 Å². The molecule has 0 fully saturated rings. The topological polar surface area (TPSA) is 87.1 Å². The van der Waals surface area contributed by atoms with Crippen molar-refractivity contribution in [3.8, 4) is 5.75 Å². The average molecular weight is 463 g/mol. The number of hydrogen-bond donors (Lipinski definition) is 2. The molecule has 1 atom stereocenters. The smallest absolute Gasteiger partial charge is 0.416 e. The molecule has 0 spiro atoms. The highest BCUT2D eigenvalue weighted by molar-refractivity contribution is 6.27. The Balaban J connectivity index is 0.000000569. The largest absolute Gasteiger partial charge is 0.493 e. The highest BCUT2D eigenvalue weighted by Crippen LogP contribution is 2.31. The molecule has 3 aromatic carbocycles. The van der Waals surface area contributed by atoms with Crippen molar-refractivity contribution in [2.75, 3.05) is 20.7 Å². The zero-order valence-corrected chi connectivity index (χ0v) is 18.0. The number of halogens is 3. The Labute approximate surface area is 188 Å². The maximum absolute atomic E-state index is 12.8. The van der Waals surface area contributed by atoms with Gasteiger partial charge in [0.25, 0.3) is 0 Å². The van der Waals surface area contributed by atoms with Crippen molar-refractivity contribution in [3.05, 3.63) is 77.9 Å². The number of ether oxygens (including phenoxy) is 1. The van der Waals surface area contributed by atoms with Gasteiger partial charge in [-0.2, -0.15) is 13.2 Å². The summed E-state index contributed by atoms with van der Waals surface area (Å²) in [6.07, 6.45) is -3.65. The molecule has 2 N–H and O–H groups in total. The zero-order valence-electron chi connectivity index (χ0n) is 18.0. The van der Waals surface area contributed by atoms with Gasteiger partial charge in [0.15, 0.2) is 0 Å². The second kappa shape index (κ2) is 11.3. The van der Waals surface area contributed by atoms with Gasteiger partial charge in [0.05, 0.1) is 12.2 Å². The molecule has 0 heterocycles. The first-order valence-corrected chi connectivity index (χ1v) is 9.91. The molecule has 0 saturated heterocycles. The number of alkyl halides is 3. The number of aliphatic carboxylic acids is 2. The molecule has 1 unspecified atom stereocenters. The van der Waals surface area contributed by atoms with Crippen LogP contribution in [0.3, 0.4) is 0 Å². The third-order valence-electron chi connectivity index (χ3n) is 4.83. The summed E-state index contributed by atoms with van der Waals surface area (Å²) in [4.78, 5) is 20.2. The predicted octanol–water partition coefficient (Wildman–Crippen LogP) is 5.09. The molecule has 0 radical (unpaired) electrons. The van der Waals surface area contributed by atoms with E-state index in [0.29, 0.717) is 13.0 Å². The summed E-state index contributed by atoms with van der Waals surface area (Å²) in [5, 5.41) is 16.9. The molecule has 0 bridgehead atoms. The van der Waals surface area contributed by atoms with Crippen LogP contribution in [-0.2, 0) is 15.8 Å². The number of hydrogen-bond acceptors (Lipinski definition) is 4. The maximum Gasteiger partial charge on any atom is 0.416 e. The molecule has 0 aliphatic rings. The van der Waals surface area contributed by atoms with E-state index in [9.17, 15) is 13.2 Å². The lowest BCUT2D eigenvalue weighted by Gasteiger charge is -2.25. The summed E-state index contributed by atoms with van der Waals surface area (Å²) >= 11 is 0. The molecule has 0 aliphatic carbocycles. The number of carboxylic acid groups (broad SMARTS) is 2. The molecule has 0 aliphatic heterocycles. The van der Waals surface area contributed by atoms with Crippen LogP contribution in [-0.4, -0.2) is 47.8 Å². The Morgan fingerprint density at radius 2 is 1.48 bits per heavy atom. The third-order valence-corrected chi connectivity index (χ3v) is 4.83. The highest BCUT2D eigenvalue weighted by atomic mass is 19.4. The molecule has 176 valence electrons. The molecule has 6 nitrogen and oxygen atoms in total. The summed E-state index contributed by atoms with van der Waals surface area (Å²) in [6, 6.07) is 19.3. The van der Waals surface area contributed by atoms with Crippen LogP contribution in [0.4, 0.5) is 13.2 Å². The molecule has 3 aromatic rings. The Hall–Kier alpha value is -3.59. The minimum Gasteiger partial charge on any atom is -0.493 e. The van der Waals surface area contributed by atoms with Crippen LogP contribution in [0.15, 0.2) is 66.7 Å². The molecule has 0 aromatic heterocycles. The van der Waals surface area contributed by atoms with E-state index in [2.05, 4.69) is 0 Å². The van der Waals surface area contributed by atoms with Crippen LogP contribution >= 0.6 is 0 Å². The van der Waals surface area contributed by atoms with Crippen molar-refractivity contribution in [1.29, 1.82) is 0 Å². The van der Waals surface area contributed by atoms with Gasteiger partial charge in [0, 0.05) is 17.8 Å². The van der Waals surface area contributed by atoms with E-state index in [1.165, 1.54) is 0 Å². The predicted molar refractivity (Wildman–Crippen MR) is 117 cm³/mol. The van der Waals surface area contributed by atoms with Crippen LogP contribution in [0.25, 0.3) is 10.8 Å². The van der Waals surface area contributed by atoms with Crippen molar-refractivity contribution in [1.82, 2.24) is 4.90 Å². The van der Waals surface area contributed by atoms with Gasteiger partial charge in [-0.1, -0.05) is 48.5 Å². The van der Waals surface area contributed by atoms with E-state index in [-0.39, 0.29) is 6.04 Å². The summed E-state index contributed by atoms with van der Waals surface area (Å²) in [7, 11) is 3.83. The van der Waals surface area contributed by atoms with Gasteiger partial charge in [-0.15, -0.1) is 0 Å². The summed E-state index contributed by atoms with van der Waals surface area (Å²) in [6.45, 7) is 0.470. The SMILES string of the molecule is CN(C)C(CCOc1cccc2ccccc12)c1ccc(C(F)(F)F)cc1.O=C(O)C(=O)O. The second-order valence-corrected chi connectivity index (χ2v) is 7.32. The highest BCUT2D eigenvalue weighted by Gasteiger charge is 2.30. The van der Waals surface area contributed by atoms with Crippen molar-refractivity contribution in [3.63, 3.8) is 0 Å². The summed E-state index contributed by atoms with van der Waals surface area (Å²) < 4.78 is 44.3. The van der Waals surface area contributed by atoms with E-state index in [0.717, 1.165) is 34.2 Å². The van der Waals surface area contributed by atoms with Gasteiger partial charge >= 0.3 is 18.1 Å². The molecular formula is C24H24F3NO5. The van der Waals surface area contributed by atoms with Gasteiger partial charge in [0.1, 0.15) is 5.75 Å². The summed E-state index contributed by atoms with van der Waals surface area (Å²) in [5.74, 6) is -2.83. The Morgan fingerprint density at radius 1 is 0.909 bits per heavy atom. The van der Waals surface area contributed by atoms with Crippen molar-refractivity contribution >= 4 is 22.7 Å². The zero-order chi connectivity index (χ0) is 24.6. The lowest BCUT2D eigenvalue weighted by Crippen LogP contribution is -2.22. The maximum atomic E-state index is 12.8. The number of carboxylic acids is 2. The van der Waals surface area contributed by atoms with Crippen LogP contribution in [0.5, 0.6) is 5.75 Å². The van der Waals surface area contributed by atoms with Gasteiger partial charge in [0.2, 0.25) is 0 Å². The minimum absolute atomic E-state index is 0.0257. The Morgan fingerprint density at radius 3 is 2.03 bits per heavy atom. The van der Waals surface area contributed by atoms with E-state index >= 15 is 0 Å². The molecule has 0 amide bonds. The van der Waals surface area contributed by atoms with E-state index in [4.69, 9.17) is 24.5 Å². The van der Waals surface area contributed by atoms with Gasteiger partial charge < -0.3 is 19.8 Å². The van der Waals surface area contributed by atoms with Gasteiger partial charge in [-0.3, -0.25) is 0 Å².